The molecule has 0 aliphatic heterocycles. The monoisotopic (exact) mass is 372 g/mol. The molecule has 0 saturated carbocycles. The van der Waals surface area contributed by atoms with Crippen molar-refractivity contribution in [3.63, 3.8) is 0 Å². The Hall–Kier alpha value is 0.230. The molecule has 0 saturated heterocycles. The summed E-state index contributed by atoms with van der Waals surface area (Å²) >= 11 is 4.47. The van der Waals surface area contributed by atoms with Gasteiger partial charge in [-0.15, -0.1) is 12.3 Å². The summed E-state index contributed by atoms with van der Waals surface area (Å²) in [5.74, 6) is 2.60. The van der Waals surface area contributed by atoms with E-state index >= 15 is 0 Å². The van der Waals surface area contributed by atoms with E-state index in [1.165, 1.54) is 3.70 Å². The van der Waals surface area contributed by atoms with Gasteiger partial charge in [-0.3, -0.25) is 0 Å². The van der Waals surface area contributed by atoms with Gasteiger partial charge in [-0.2, -0.15) is 0 Å². The maximum Gasteiger partial charge on any atom is 0.132 e. The first-order valence-corrected chi connectivity index (χ1v) is 5.21. The van der Waals surface area contributed by atoms with E-state index in [0.29, 0.717) is 0 Å². The zero-order valence-corrected chi connectivity index (χ0v) is 10.0. The highest BCUT2D eigenvalue weighted by Gasteiger charge is 2.02. The fourth-order valence-electron chi connectivity index (χ4n) is 0.684. The molecule has 0 aromatic carbocycles. The maximum atomic E-state index is 5.15. The zero-order chi connectivity index (χ0) is 8.27. The van der Waals surface area contributed by atoms with Crippen molar-refractivity contribution in [1.82, 2.24) is 9.55 Å². The Balaban J connectivity index is 2.72. The van der Waals surface area contributed by atoms with Crippen molar-refractivity contribution in [2.24, 2.45) is 0 Å². The molecule has 58 valence electrons. The molecule has 0 spiro atoms. The van der Waals surface area contributed by atoms with Crippen molar-refractivity contribution >= 4 is 45.2 Å². The number of imidazole rings is 1. The van der Waals surface area contributed by atoms with Gasteiger partial charge in [0.2, 0.25) is 0 Å². The number of rotatable bonds is 2. The second kappa shape index (κ2) is 4.30. The van der Waals surface area contributed by atoms with Gasteiger partial charge >= 0.3 is 0 Å². The fourth-order valence-corrected chi connectivity index (χ4v) is 1.62. The Kier molecular flexibility index (Phi) is 3.65. The molecule has 0 unspecified atom stereocenters. The Labute approximate surface area is 93.1 Å². The normalized spacial score (nSPS) is 9.55. The van der Waals surface area contributed by atoms with Crippen LogP contribution < -0.4 is 0 Å². The first kappa shape index (κ1) is 9.32. The Bertz CT molecular complexity index is 285. The second-order valence-electron chi connectivity index (χ2n) is 1.97. The molecular formula is C7H6I2N2. The average molecular weight is 372 g/mol. The van der Waals surface area contributed by atoms with Gasteiger partial charge in [-0.05, 0) is 45.2 Å². The minimum Gasteiger partial charge on any atom is -0.324 e. The Morgan fingerprint density at radius 3 is 2.82 bits per heavy atom. The van der Waals surface area contributed by atoms with Crippen LogP contribution in [0.15, 0.2) is 6.33 Å². The molecule has 0 fully saturated rings. The van der Waals surface area contributed by atoms with Crippen LogP contribution in [0.25, 0.3) is 0 Å². The summed E-state index contributed by atoms with van der Waals surface area (Å²) in [6, 6.07) is 0. The molecule has 1 heterocycles. The highest BCUT2D eigenvalue weighted by atomic mass is 127. The quantitative estimate of drug-likeness (QED) is 0.575. The van der Waals surface area contributed by atoms with Gasteiger partial charge in [0.1, 0.15) is 7.40 Å². The van der Waals surface area contributed by atoms with E-state index in [9.17, 15) is 0 Å². The van der Waals surface area contributed by atoms with E-state index in [4.69, 9.17) is 6.42 Å². The van der Waals surface area contributed by atoms with Crippen LogP contribution in [0.1, 0.15) is 6.42 Å². The summed E-state index contributed by atoms with van der Waals surface area (Å²) in [5.41, 5.74) is 0. The topological polar surface area (TPSA) is 17.8 Å². The van der Waals surface area contributed by atoms with E-state index in [2.05, 4.69) is 60.7 Å². The molecule has 1 aromatic heterocycles. The van der Waals surface area contributed by atoms with E-state index in [1.54, 1.807) is 0 Å². The SMILES string of the molecule is C#CCCn1cnc(I)c1I. The lowest BCUT2D eigenvalue weighted by molar-refractivity contribution is 0.703. The maximum absolute atomic E-state index is 5.15. The first-order valence-electron chi connectivity index (χ1n) is 3.05. The van der Waals surface area contributed by atoms with Crippen LogP contribution in [0.3, 0.4) is 0 Å². The van der Waals surface area contributed by atoms with E-state index < -0.39 is 0 Å². The minimum atomic E-state index is 0.766. The molecule has 0 aliphatic carbocycles. The van der Waals surface area contributed by atoms with Crippen LogP contribution in [0.5, 0.6) is 0 Å². The smallest absolute Gasteiger partial charge is 0.132 e. The zero-order valence-electron chi connectivity index (χ0n) is 5.72. The summed E-state index contributed by atoms with van der Waals surface area (Å²) in [4.78, 5) is 4.14. The van der Waals surface area contributed by atoms with Gasteiger partial charge in [0.05, 0.1) is 6.33 Å². The lowest BCUT2D eigenvalue weighted by atomic mass is 10.4. The summed E-state index contributed by atoms with van der Waals surface area (Å²) in [6.45, 7) is 0.866. The molecule has 0 bridgehead atoms. The number of aryl methyl sites for hydroxylation is 1. The predicted octanol–water partition coefficient (Wildman–Crippen LogP) is 2.12. The number of aromatic nitrogens is 2. The Morgan fingerprint density at radius 1 is 1.64 bits per heavy atom. The number of halogens is 2. The van der Waals surface area contributed by atoms with Crippen molar-refractivity contribution in [3.05, 3.63) is 13.7 Å². The lowest BCUT2D eigenvalue weighted by Crippen LogP contribution is -1.97. The third-order valence-corrected chi connectivity index (χ3v) is 4.18. The van der Waals surface area contributed by atoms with Crippen LogP contribution in [0.4, 0.5) is 0 Å². The van der Waals surface area contributed by atoms with E-state index in [1.807, 2.05) is 6.33 Å². The molecule has 0 atom stereocenters. The van der Waals surface area contributed by atoms with E-state index in [0.717, 1.165) is 16.7 Å². The van der Waals surface area contributed by atoms with Crippen molar-refractivity contribution in [2.75, 3.05) is 0 Å². The van der Waals surface area contributed by atoms with Gasteiger partial charge in [0.15, 0.2) is 0 Å². The summed E-state index contributed by atoms with van der Waals surface area (Å²) in [5, 5.41) is 0. The van der Waals surface area contributed by atoms with Gasteiger partial charge in [-0.1, -0.05) is 0 Å². The predicted molar refractivity (Wildman–Crippen MR) is 61.1 cm³/mol. The second-order valence-corrected chi connectivity index (χ2v) is 4.02. The van der Waals surface area contributed by atoms with Crippen LogP contribution in [0.2, 0.25) is 0 Å². The molecule has 0 aliphatic rings. The molecule has 0 amide bonds. The van der Waals surface area contributed by atoms with Gasteiger partial charge in [0, 0.05) is 13.0 Å². The van der Waals surface area contributed by atoms with Crippen molar-refractivity contribution < 1.29 is 0 Å². The number of terminal acetylenes is 1. The fraction of sp³-hybridized carbons (Fsp3) is 0.286. The standard InChI is InChI=1S/C7H6I2N2/c1-2-3-4-11-5-10-6(8)7(11)9/h1,5H,3-4H2. The molecule has 0 radical (unpaired) electrons. The third kappa shape index (κ3) is 2.33. The highest BCUT2D eigenvalue weighted by Crippen LogP contribution is 2.12. The molecule has 1 aromatic rings. The summed E-state index contributed by atoms with van der Waals surface area (Å²) in [7, 11) is 0. The van der Waals surface area contributed by atoms with Crippen LogP contribution >= 0.6 is 45.2 Å². The summed E-state index contributed by atoms with van der Waals surface area (Å²) < 4.78 is 4.26. The summed E-state index contributed by atoms with van der Waals surface area (Å²) in [6.07, 6.45) is 7.73. The van der Waals surface area contributed by atoms with Crippen LogP contribution in [-0.2, 0) is 6.54 Å². The number of nitrogens with zero attached hydrogens (tertiary/aromatic N) is 2. The van der Waals surface area contributed by atoms with Gasteiger partial charge in [0.25, 0.3) is 0 Å². The molecule has 2 nitrogen and oxygen atoms in total. The van der Waals surface area contributed by atoms with Crippen molar-refractivity contribution in [3.8, 4) is 12.3 Å². The lowest BCUT2D eigenvalue weighted by Gasteiger charge is -1.98. The molecule has 1 rings (SSSR count). The number of hydrogen-bond donors (Lipinski definition) is 0. The third-order valence-electron chi connectivity index (χ3n) is 1.23. The first-order chi connectivity index (χ1) is 5.25. The average Bonchev–Trinajstić information content (AvgIpc) is 2.31. The van der Waals surface area contributed by atoms with Crippen LogP contribution in [0, 0.1) is 19.7 Å². The number of hydrogen-bond acceptors (Lipinski definition) is 1. The van der Waals surface area contributed by atoms with Crippen molar-refractivity contribution in [2.45, 2.75) is 13.0 Å². The Morgan fingerprint density at radius 2 is 2.36 bits per heavy atom. The van der Waals surface area contributed by atoms with Crippen molar-refractivity contribution in [1.29, 1.82) is 0 Å². The van der Waals surface area contributed by atoms with Crippen LogP contribution in [-0.4, -0.2) is 9.55 Å². The molecular weight excluding hydrogens is 366 g/mol. The van der Waals surface area contributed by atoms with Gasteiger partial charge in [-0.25, -0.2) is 4.98 Å². The highest BCUT2D eigenvalue weighted by molar-refractivity contribution is 14.1. The van der Waals surface area contributed by atoms with E-state index in [-0.39, 0.29) is 0 Å². The minimum absolute atomic E-state index is 0.766. The largest absolute Gasteiger partial charge is 0.324 e. The molecule has 0 N–H and O–H groups in total. The molecule has 11 heavy (non-hydrogen) atoms. The molecule has 4 heteroatoms. The van der Waals surface area contributed by atoms with Gasteiger partial charge < -0.3 is 4.57 Å².